The van der Waals surface area contributed by atoms with Gasteiger partial charge in [0.05, 0.1) is 0 Å². The molecule has 0 bridgehead atoms. The average Bonchev–Trinajstić information content (AvgIpc) is 2.37. The van der Waals surface area contributed by atoms with Gasteiger partial charge in [0.1, 0.15) is 0 Å². The molecule has 0 radical (unpaired) electrons. The van der Waals surface area contributed by atoms with Crippen molar-refractivity contribution in [3.63, 3.8) is 0 Å². The van der Waals surface area contributed by atoms with Gasteiger partial charge in [0.2, 0.25) is 0 Å². The SMILES string of the molecule is NCCCC(Cl)CCCC(=O)c1ccccc1. The van der Waals surface area contributed by atoms with Crippen molar-refractivity contribution in [1.29, 1.82) is 0 Å². The minimum Gasteiger partial charge on any atom is -0.330 e. The Bertz CT molecular complexity index is 326. The molecule has 1 atom stereocenters. The second-order valence-corrected chi connectivity index (χ2v) is 4.83. The Hall–Kier alpha value is -0.860. The van der Waals surface area contributed by atoms with E-state index < -0.39 is 0 Å². The van der Waals surface area contributed by atoms with Gasteiger partial charge in [-0.05, 0) is 32.2 Å². The topological polar surface area (TPSA) is 43.1 Å². The van der Waals surface area contributed by atoms with Crippen LogP contribution in [0.15, 0.2) is 30.3 Å². The first kappa shape index (κ1) is 14.2. The Morgan fingerprint density at radius 1 is 1.18 bits per heavy atom. The number of benzene rings is 1. The lowest BCUT2D eigenvalue weighted by molar-refractivity contribution is 0.0979. The first-order valence-corrected chi connectivity index (χ1v) is 6.60. The number of carbonyl (C=O) groups excluding carboxylic acids is 1. The van der Waals surface area contributed by atoms with E-state index >= 15 is 0 Å². The van der Waals surface area contributed by atoms with Gasteiger partial charge in [-0.3, -0.25) is 4.79 Å². The molecular formula is C14H20ClNO. The Kier molecular flexibility index (Phi) is 6.90. The summed E-state index contributed by atoms with van der Waals surface area (Å²) in [6.07, 6.45) is 4.22. The van der Waals surface area contributed by atoms with Crippen LogP contribution in [0.3, 0.4) is 0 Å². The number of rotatable bonds is 8. The monoisotopic (exact) mass is 253 g/mol. The summed E-state index contributed by atoms with van der Waals surface area (Å²) in [4.78, 5) is 11.8. The van der Waals surface area contributed by atoms with Crippen molar-refractivity contribution in [1.82, 2.24) is 0 Å². The molecule has 2 nitrogen and oxygen atoms in total. The fraction of sp³-hybridized carbons (Fsp3) is 0.500. The third kappa shape index (κ3) is 5.85. The maximum atomic E-state index is 11.8. The molecule has 1 rings (SSSR count). The highest BCUT2D eigenvalue weighted by molar-refractivity contribution is 6.20. The first-order valence-electron chi connectivity index (χ1n) is 6.16. The Morgan fingerprint density at radius 2 is 1.82 bits per heavy atom. The van der Waals surface area contributed by atoms with Crippen molar-refractivity contribution in [2.24, 2.45) is 5.73 Å². The maximum Gasteiger partial charge on any atom is 0.162 e. The summed E-state index contributed by atoms with van der Waals surface area (Å²) >= 11 is 6.12. The van der Waals surface area contributed by atoms with Crippen LogP contribution in [0.4, 0.5) is 0 Å². The van der Waals surface area contributed by atoms with Gasteiger partial charge in [0.15, 0.2) is 5.78 Å². The molecule has 1 aromatic rings. The van der Waals surface area contributed by atoms with Crippen molar-refractivity contribution < 1.29 is 4.79 Å². The van der Waals surface area contributed by atoms with Gasteiger partial charge in [0, 0.05) is 17.4 Å². The molecule has 0 aliphatic heterocycles. The average molecular weight is 254 g/mol. The molecule has 94 valence electrons. The highest BCUT2D eigenvalue weighted by Gasteiger charge is 2.08. The van der Waals surface area contributed by atoms with Crippen molar-refractivity contribution >= 4 is 17.4 Å². The number of carbonyl (C=O) groups is 1. The Balaban J connectivity index is 2.21. The zero-order valence-electron chi connectivity index (χ0n) is 10.1. The van der Waals surface area contributed by atoms with Crippen LogP contribution in [0.5, 0.6) is 0 Å². The lowest BCUT2D eigenvalue weighted by Gasteiger charge is -2.07. The van der Waals surface area contributed by atoms with E-state index in [9.17, 15) is 4.79 Å². The molecule has 17 heavy (non-hydrogen) atoms. The third-order valence-corrected chi connectivity index (χ3v) is 3.17. The van der Waals surface area contributed by atoms with Crippen molar-refractivity contribution in [2.75, 3.05) is 6.54 Å². The van der Waals surface area contributed by atoms with Crippen molar-refractivity contribution in [3.05, 3.63) is 35.9 Å². The Labute approximate surface area is 108 Å². The van der Waals surface area contributed by atoms with Crippen LogP contribution in [0.2, 0.25) is 0 Å². The molecule has 0 spiro atoms. The van der Waals surface area contributed by atoms with Crippen LogP contribution in [0.25, 0.3) is 0 Å². The highest BCUT2D eigenvalue weighted by Crippen LogP contribution is 2.14. The summed E-state index contributed by atoms with van der Waals surface area (Å²) in [5, 5.41) is 0.155. The normalized spacial score (nSPS) is 12.4. The van der Waals surface area contributed by atoms with E-state index in [1.165, 1.54) is 0 Å². The molecule has 0 amide bonds. The van der Waals surface area contributed by atoms with Gasteiger partial charge in [-0.1, -0.05) is 30.3 Å². The molecular weight excluding hydrogens is 234 g/mol. The standard InChI is InChI=1S/C14H20ClNO/c15-13(9-5-11-16)8-4-10-14(17)12-6-2-1-3-7-12/h1-3,6-7,13H,4-5,8-11,16H2. The van der Waals surface area contributed by atoms with Crippen LogP contribution >= 0.6 is 11.6 Å². The molecule has 1 unspecified atom stereocenters. The van der Waals surface area contributed by atoms with E-state index in [0.717, 1.165) is 31.2 Å². The first-order chi connectivity index (χ1) is 8.24. The summed E-state index contributed by atoms with van der Waals surface area (Å²) in [6, 6.07) is 9.40. The van der Waals surface area contributed by atoms with Crippen LogP contribution in [0.1, 0.15) is 42.5 Å². The summed E-state index contributed by atoms with van der Waals surface area (Å²) in [5.41, 5.74) is 6.21. The smallest absolute Gasteiger partial charge is 0.162 e. The third-order valence-electron chi connectivity index (χ3n) is 2.74. The molecule has 0 aliphatic rings. The molecule has 0 aromatic heterocycles. The van der Waals surface area contributed by atoms with Gasteiger partial charge >= 0.3 is 0 Å². The second-order valence-electron chi connectivity index (χ2n) is 4.21. The molecule has 1 aromatic carbocycles. The second kappa shape index (κ2) is 8.26. The summed E-state index contributed by atoms with van der Waals surface area (Å²) < 4.78 is 0. The number of hydrogen-bond donors (Lipinski definition) is 1. The molecule has 0 aliphatic carbocycles. The van der Waals surface area contributed by atoms with Crippen LogP contribution < -0.4 is 5.73 Å². The number of halogens is 1. The summed E-state index contributed by atoms with van der Waals surface area (Å²) in [6.45, 7) is 0.687. The van der Waals surface area contributed by atoms with Crippen LogP contribution in [-0.4, -0.2) is 17.7 Å². The lowest BCUT2D eigenvalue weighted by Crippen LogP contribution is -2.06. The molecule has 2 N–H and O–H groups in total. The number of nitrogens with two attached hydrogens (primary N) is 1. The van der Waals surface area contributed by atoms with E-state index in [2.05, 4.69) is 0 Å². The minimum absolute atomic E-state index is 0.155. The van der Waals surface area contributed by atoms with Gasteiger partial charge in [-0.15, -0.1) is 11.6 Å². The van der Waals surface area contributed by atoms with Crippen LogP contribution in [-0.2, 0) is 0 Å². The van der Waals surface area contributed by atoms with Gasteiger partial charge in [0.25, 0.3) is 0 Å². The van der Waals surface area contributed by atoms with E-state index in [1.54, 1.807) is 0 Å². The highest BCUT2D eigenvalue weighted by atomic mass is 35.5. The largest absolute Gasteiger partial charge is 0.330 e. The van der Waals surface area contributed by atoms with Gasteiger partial charge < -0.3 is 5.73 Å². The van der Waals surface area contributed by atoms with Gasteiger partial charge in [-0.25, -0.2) is 0 Å². The molecule has 0 saturated carbocycles. The summed E-state index contributed by atoms with van der Waals surface area (Å²) in [7, 11) is 0. The van der Waals surface area contributed by atoms with E-state index in [-0.39, 0.29) is 11.2 Å². The predicted octanol–water partition coefficient (Wildman–Crippen LogP) is 3.39. The van der Waals surface area contributed by atoms with Crippen LogP contribution in [0, 0.1) is 0 Å². The summed E-state index contributed by atoms with van der Waals surface area (Å²) in [5.74, 6) is 0.202. The fourth-order valence-electron chi connectivity index (χ4n) is 1.74. The molecule has 0 saturated heterocycles. The molecule has 3 heteroatoms. The maximum absolute atomic E-state index is 11.8. The number of ketones is 1. The Morgan fingerprint density at radius 3 is 2.47 bits per heavy atom. The minimum atomic E-state index is 0.155. The predicted molar refractivity (Wildman–Crippen MR) is 72.6 cm³/mol. The zero-order valence-corrected chi connectivity index (χ0v) is 10.8. The number of Topliss-reactive ketones (excluding diaryl/α,β-unsaturated/α-hetero) is 1. The van der Waals surface area contributed by atoms with Crippen molar-refractivity contribution in [2.45, 2.75) is 37.5 Å². The number of hydrogen-bond acceptors (Lipinski definition) is 2. The molecule has 0 heterocycles. The van der Waals surface area contributed by atoms with Crippen molar-refractivity contribution in [3.8, 4) is 0 Å². The zero-order chi connectivity index (χ0) is 12.5. The number of alkyl halides is 1. The quantitative estimate of drug-likeness (QED) is 0.570. The van der Waals surface area contributed by atoms with Gasteiger partial charge in [-0.2, -0.15) is 0 Å². The molecule has 0 fully saturated rings. The fourth-order valence-corrected chi connectivity index (χ4v) is 2.04. The van der Waals surface area contributed by atoms with E-state index in [4.69, 9.17) is 17.3 Å². The van der Waals surface area contributed by atoms with E-state index in [0.29, 0.717) is 13.0 Å². The lowest BCUT2D eigenvalue weighted by atomic mass is 10.0. The van der Waals surface area contributed by atoms with E-state index in [1.807, 2.05) is 30.3 Å².